The quantitative estimate of drug-likeness (QED) is 0.0465. The molecule has 0 fully saturated rings. The maximum atomic E-state index is 8.41. The van der Waals surface area contributed by atoms with Crippen molar-refractivity contribution in [2.75, 3.05) is 116 Å². The number of aryl methyl sites for hydroxylation is 2. The van der Waals surface area contributed by atoms with Gasteiger partial charge in [0.2, 0.25) is 0 Å². The van der Waals surface area contributed by atoms with Gasteiger partial charge in [-0.15, -0.1) is 0 Å². The van der Waals surface area contributed by atoms with E-state index >= 15 is 0 Å². The van der Waals surface area contributed by atoms with E-state index < -0.39 is 0 Å². The summed E-state index contributed by atoms with van der Waals surface area (Å²) >= 11 is 0. The average Bonchev–Trinajstić information content (AvgIpc) is 3.23. The summed E-state index contributed by atoms with van der Waals surface area (Å²) in [6.45, 7) is 11.3. The van der Waals surface area contributed by atoms with Gasteiger partial charge in [0.15, 0.2) is 0 Å². The van der Waals surface area contributed by atoms with Crippen LogP contribution in [0.1, 0.15) is 24.0 Å². The van der Waals surface area contributed by atoms with Crippen molar-refractivity contribution in [1.82, 2.24) is 0 Å². The van der Waals surface area contributed by atoms with Crippen LogP contribution in [0.4, 0.5) is 11.4 Å². The predicted octanol–water partition coefficient (Wildman–Crippen LogP) is 7.33. The van der Waals surface area contributed by atoms with Crippen LogP contribution in [0.25, 0.3) is 33.4 Å². The van der Waals surface area contributed by atoms with Crippen molar-refractivity contribution < 1.29 is 48.0 Å². The summed E-state index contributed by atoms with van der Waals surface area (Å²) in [5.74, 6) is 2.28. The topological polar surface area (TPSA) is 126 Å². The molecule has 6 rings (SSSR count). The molecule has 0 radical (unpaired) electrons. The molecule has 3 aromatic carbocycles. The van der Waals surface area contributed by atoms with Gasteiger partial charge in [0.1, 0.15) is 36.1 Å². The van der Waals surface area contributed by atoms with Crippen LogP contribution in [0.5, 0.6) is 11.5 Å². The molecule has 13 nitrogen and oxygen atoms in total. The van der Waals surface area contributed by atoms with E-state index in [1.165, 1.54) is 0 Å². The molecule has 13 heteroatoms. The zero-order valence-electron chi connectivity index (χ0n) is 34.2. The molecule has 0 unspecified atom stereocenters. The Balaban J connectivity index is 1.32. The molecule has 2 heterocycles. The Bertz CT molecular complexity index is 2070. The lowest BCUT2D eigenvalue weighted by atomic mass is 9.93. The number of methoxy groups -OCH3 is 2. The second kappa shape index (κ2) is 22.4. The van der Waals surface area contributed by atoms with Gasteiger partial charge in [0.25, 0.3) is 0 Å². The van der Waals surface area contributed by atoms with E-state index in [0.29, 0.717) is 98.4 Å². The zero-order valence-corrected chi connectivity index (χ0v) is 34.2. The van der Waals surface area contributed by atoms with Crippen LogP contribution < -0.4 is 24.6 Å². The van der Waals surface area contributed by atoms with E-state index in [2.05, 4.69) is 89.2 Å². The van der Waals surface area contributed by atoms with Gasteiger partial charge in [-0.05, 0) is 79.4 Å². The van der Waals surface area contributed by atoms with Crippen molar-refractivity contribution in [3.63, 3.8) is 0 Å². The molecule has 3 aromatic rings. The molecule has 0 saturated carbocycles. The number of benzene rings is 4. The molecule has 0 saturated heterocycles. The van der Waals surface area contributed by atoms with Crippen molar-refractivity contribution in [3.8, 4) is 33.9 Å². The van der Waals surface area contributed by atoms with E-state index in [0.717, 1.165) is 72.8 Å². The Labute approximate surface area is 340 Å². The number of fused-ring (bicyclic) bond motifs is 4. The van der Waals surface area contributed by atoms with E-state index in [4.69, 9.17) is 48.1 Å². The standard InChI is InChI=1S/C45H57N3O10/c1-33-7-11-37-41(29-33)58-42-32-36(46-15-5-21-56-57-22-6-20-55-49)10-12-38(42)45(37)35-9-14-40-44(31-35)54-28-27-53-43-30-34(2)8-13-39(43)47(16-23-50-3)18-25-52-26-19-48(40)17-24-51-4/h7-14,29-32,49H,5-6,15-28H2,1-4H3. The highest BCUT2D eigenvalue weighted by molar-refractivity contribution is 6.02. The van der Waals surface area contributed by atoms with Crippen molar-refractivity contribution in [2.45, 2.75) is 26.7 Å². The van der Waals surface area contributed by atoms with Gasteiger partial charge >= 0.3 is 0 Å². The summed E-state index contributed by atoms with van der Waals surface area (Å²) in [5.41, 5.74) is 7.98. The fourth-order valence-corrected chi connectivity index (χ4v) is 6.94. The van der Waals surface area contributed by atoms with E-state index in [1.807, 2.05) is 12.1 Å². The lowest BCUT2D eigenvalue weighted by Crippen LogP contribution is -2.33. The van der Waals surface area contributed by atoms with Crippen LogP contribution in [-0.4, -0.2) is 112 Å². The van der Waals surface area contributed by atoms with Gasteiger partial charge in [-0.25, -0.2) is 14.7 Å². The van der Waals surface area contributed by atoms with Gasteiger partial charge in [-0.2, -0.15) is 0 Å². The molecule has 0 bridgehead atoms. The van der Waals surface area contributed by atoms with E-state index in [-0.39, 0.29) is 6.61 Å². The van der Waals surface area contributed by atoms with Crippen molar-refractivity contribution >= 4 is 22.3 Å². The molecule has 0 spiro atoms. The van der Waals surface area contributed by atoms with Gasteiger partial charge < -0.3 is 37.9 Å². The van der Waals surface area contributed by atoms with Gasteiger partial charge in [-0.1, -0.05) is 24.3 Å². The monoisotopic (exact) mass is 799 g/mol. The lowest BCUT2D eigenvalue weighted by molar-refractivity contribution is -0.302. The minimum Gasteiger partial charge on any atom is -0.488 e. The van der Waals surface area contributed by atoms with Crippen molar-refractivity contribution in [2.24, 2.45) is 4.99 Å². The van der Waals surface area contributed by atoms with Crippen molar-refractivity contribution in [3.05, 3.63) is 89.3 Å². The highest BCUT2D eigenvalue weighted by Gasteiger charge is 2.21. The zero-order chi connectivity index (χ0) is 40.5. The Kier molecular flexibility index (Phi) is 16.6. The van der Waals surface area contributed by atoms with Crippen LogP contribution in [0.2, 0.25) is 0 Å². The first-order valence-electron chi connectivity index (χ1n) is 20.0. The highest BCUT2D eigenvalue weighted by Crippen LogP contribution is 2.43. The molecular weight excluding hydrogens is 743 g/mol. The fourth-order valence-electron chi connectivity index (χ4n) is 6.94. The third-order valence-electron chi connectivity index (χ3n) is 9.87. The average molecular weight is 800 g/mol. The smallest absolute Gasteiger partial charge is 0.143 e. The van der Waals surface area contributed by atoms with Crippen LogP contribution in [0.15, 0.2) is 82.2 Å². The molecule has 0 aromatic heterocycles. The first-order valence-corrected chi connectivity index (χ1v) is 20.0. The third kappa shape index (κ3) is 11.7. The SMILES string of the molecule is COCCN1CCOCCN(CCOC)c2ccc(-c3c4ccc(=NCCCOOCCCOO)cc-4oc4cc(C)ccc34)cc2OCCOc2cc(C)ccc21. The number of hydrogen-bond acceptors (Lipinski definition) is 13. The Morgan fingerprint density at radius 3 is 2.03 bits per heavy atom. The minimum atomic E-state index is 0.201. The number of rotatable bonds is 16. The molecule has 0 amide bonds. The van der Waals surface area contributed by atoms with Gasteiger partial charge in [0, 0.05) is 75.9 Å². The number of anilines is 2. The summed E-state index contributed by atoms with van der Waals surface area (Å²) in [6, 6.07) is 25.1. The van der Waals surface area contributed by atoms with Crippen LogP contribution in [0, 0.1) is 13.8 Å². The van der Waals surface area contributed by atoms with Crippen LogP contribution >= 0.6 is 0 Å². The second-order valence-electron chi connectivity index (χ2n) is 14.1. The van der Waals surface area contributed by atoms with Crippen LogP contribution in [-0.2, 0) is 28.9 Å². The summed E-state index contributed by atoms with van der Waals surface area (Å²) in [7, 11) is 3.44. The number of nitrogens with zero attached hydrogens (tertiary/aromatic N) is 3. The molecule has 58 heavy (non-hydrogen) atoms. The Morgan fingerprint density at radius 2 is 1.33 bits per heavy atom. The van der Waals surface area contributed by atoms with Crippen LogP contribution in [0.3, 0.4) is 0 Å². The highest BCUT2D eigenvalue weighted by atomic mass is 17.2. The minimum absolute atomic E-state index is 0.201. The maximum absolute atomic E-state index is 8.41. The molecule has 0 atom stereocenters. The predicted molar refractivity (Wildman–Crippen MR) is 224 cm³/mol. The van der Waals surface area contributed by atoms with E-state index in [9.17, 15) is 0 Å². The third-order valence-corrected chi connectivity index (χ3v) is 9.87. The molecule has 2 aliphatic heterocycles. The Hall–Kier alpha value is -4.73. The van der Waals surface area contributed by atoms with Gasteiger partial charge in [0.05, 0.1) is 63.0 Å². The first kappa shape index (κ1) is 42.9. The lowest BCUT2D eigenvalue weighted by Gasteiger charge is -2.28. The summed E-state index contributed by atoms with van der Waals surface area (Å²) < 4.78 is 36.9. The summed E-state index contributed by atoms with van der Waals surface area (Å²) in [5, 5.41) is 10.2. The number of hydrogen-bond donors (Lipinski definition) is 1. The van der Waals surface area contributed by atoms with E-state index in [1.54, 1.807) is 14.2 Å². The normalized spacial score (nSPS) is 14.5. The molecule has 3 aliphatic rings. The molecular formula is C45H57N3O10. The Morgan fingerprint density at radius 1 is 0.672 bits per heavy atom. The molecule has 1 aliphatic carbocycles. The summed E-state index contributed by atoms with van der Waals surface area (Å²) in [6.07, 6.45) is 1.22. The maximum Gasteiger partial charge on any atom is 0.143 e. The first-order chi connectivity index (χ1) is 28.5. The van der Waals surface area contributed by atoms with Crippen molar-refractivity contribution in [1.29, 1.82) is 0 Å². The van der Waals surface area contributed by atoms with Gasteiger partial charge in [-0.3, -0.25) is 10.2 Å². The molecule has 312 valence electrons. The molecule has 1 N–H and O–H groups in total. The second-order valence-corrected chi connectivity index (χ2v) is 14.1. The fraction of sp³-hybridized carbons (Fsp3) is 0.444. The number of ether oxygens (including phenoxy) is 5. The largest absolute Gasteiger partial charge is 0.488 e. The summed E-state index contributed by atoms with van der Waals surface area (Å²) in [4.78, 5) is 23.7.